The van der Waals surface area contributed by atoms with Gasteiger partial charge in [0.2, 0.25) is 0 Å². The molecule has 3 nitrogen and oxygen atoms in total. The molecule has 2 aliphatic rings. The predicted molar refractivity (Wildman–Crippen MR) is 95.4 cm³/mol. The lowest BCUT2D eigenvalue weighted by Crippen LogP contribution is -2.48. The Hall–Kier alpha value is -1.85. The lowest BCUT2D eigenvalue weighted by atomic mass is 9.93. The number of aryl methyl sites for hydroxylation is 1. The minimum absolute atomic E-state index is 0.145. The summed E-state index contributed by atoms with van der Waals surface area (Å²) in [6.45, 7) is 1.29. The number of thioether (sulfide) groups is 1. The van der Waals surface area contributed by atoms with Crippen molar-refractivity contribution in [2.45, 2.75) is 23.8 Å². The van der Waals surface area contributed by atoms with E-state index < -0.39 is 5.72 Å². The summed E-state index contributed by atoms with van der Waals surface area (Å²) in [5.74, 6) is -0.363. The van der Waals surface area contributed by atoms with Gasteiger partial charge in [-0.3, -0.25) is 4.99 Å². The van der Waals surface area contributed by atoms with Gasteiger partial charge in [-0.25, -0.2) is 4.39 Å². The molecule has 2 aromatic rings. The number of aliphatic imine (C=N–C) groups is 1. The third-order valence-corrected chi connectivity index (χ3v) is 6.13. The molecule has 2 aromatic carbocycles. The lowest BCUT2D eigenvalue weighted by molar-refractivity contribution is -0.0697. The Balaban J connectivity index is 1.66. The molecule has 1 N–H and O–H groups in total. The van der Waals surface area contributed by atoms with Gasteiger partial charge in [0, 0.05) is 12.1 Å². The number of amidine groups is 1. The van der Waals surface area contributed by atoms with Gasteiger partial charge < -0.3 is 10.0 Å². The van der Waals surface area contributed by atoms with Crippen LogP contribution in [-0.4, -0.2) is 33.5 Å². The van der Waals surface area contributed by atoms with Crippen molar-refractivity contribution < 1.29 is 9.50 Å². The molecule has 124 valence electrons. The molecule has 2 aliphatic heterocycles. The summed E-state index contributed by atoms with van der Waals surface area (Å²) >= 11 is 1.57. The lowest BCUT2D eigenvalue weighted by Gasteiger charge is -2.36. The zero-order chi connectivity index (χ0) is 16.6. The minimum atomic E-state index is -1.33. The number of benzene rings is 2. The maximum atomic E-state index is 14.4. The van der Waals surface area contributed by atoms with Crippen molar-refractivity contribution in [3.63, 3.8) is 0 Å². The second-order valence-corrected chi connectivity index (χ2v) is 7.32. The van der Waals surface area contributed by atoms with Gasteiger partial charge in [0.1, 0.15) is 5.82 Å². The third-order valence-electron chi connectivity index (χ3n) is 4.72. The van der Waals surface area contributed by atoms with Crippen molar-refractivity contribution in [1.82, 2.24) is 4.90 Å². The molecule has 0 aromatic heterocycles. The minimum Gasteiger partial charge on any atom is -0.366 e. The molecule has 1 saturated heterocycles. The van der Waals surface area contributed by atoms with Crippen molar-refractivity contribution >= 4 is 16.9 Å². The number of hydrogen-bond acceptors (Lipinski definition) is 4. The first-order chi connectivity index (χ1) is 11.7. The van der Waals surface area contributed by atoms with Gasteiger partial charge in [-0.15, -0.1) is 0 Å². The number of fused-ring (bicyclic) bond motifs is 1. The van der Waals surface area contributed by atoms with Crippen LogP contribution < -0.4 is 0 Å². The molecular formula is C19H19FN2OS. The zero-order valence-electron chi connectivity index (χ0n) is 13.2. The molecule has 0 unspecified atom stereocenters. The van der Waals surface area contributed by atoms with E-state index in [-0.39, 0.29) is 11.1 Å². The Morgan fingerprint density at radius 3 is 2.71 bits per heavy atom. The maximum absolute atomic E-state index is 14.4. The molecule has 0 amide bonds. The molecule has 0 radical (unpaired) electrons. The summed E-state index contributed by atoms with van der Waals surface area (Å²) in [6, 6.07) is 16.7. The molecule has 2 heterocycles. The van der Waals surface area contributed by atoms with Crippen LogP contribution in [-0.2, 0) is 12.1 Å². The highest BCUT2D eigenvalue weighted by Gasteiger charge is 2.54. The fourth-order valence-corrected chi connectivity index (χ4v) is 4.94. The summed E-state index contributed by atoms with van der Waals surface area (Å²) in [5.41, 5.74) is 0.241. The average Bonchev–Trinajstić information content (AvgIpc) is 3.17. The highest BCUT2D eigenvalue weighted by molar-refractivity contribution is 8.14. The number of rotatable bonds is 4. The van der Waals surface area contributed by atoms with Gasteiger partial charge >= 0.3 is 0 Å². The molecule has 24 heavy (non-hydrogen) atoms. The molecule has 0 spiro atoms. The van der Waals surface area contributed by atoms with Crippen molar-refractivity contribution in [2.24, 2.45) is 4.99 Å². The summed E-state index contributed by atoms with van der Waals surface area (Å²) in [7, 11) is 0. The molecule has 0 saturated carbocycles. The first-order valence-electron chi connectivity index (χ1n) is 8.19. The van der Waals surface area contributed by atoms with Gasteiger partial charge in [0.15, 0.2) is 10.9 Å². The van der Waals surface area contributed by atoms with Crippen molar-refractivity contribution in [3.8, 4) is 0 Å². The molecular weight excluding hydrogens is 323 g/mol. The quantitative estimate of drug-likeness (QED) is 0.925. The summed E-state index contributed by atoms with van der Waals surface area (Å²) < 4.78 is 14.4. The highest BCUT2D eigenvalue weighted by atomic mass is 32.2. The van der Waals surface area contributed by atoms with Gasteiger partial charge in [0.05, 0.1) is 11.8 Å². The molecule has 2 atom stereocenters. The average molecular weight is 342 g/mol. The number of hydrogen-bond donors (Lipinski definition) is 1. The molecule has 1 fully saturated rings. The van der Waals surface area contributed by atoms with Gasteiger partial charge in [-0.2, -0.15) is 0 Å². The van der Waals surface area contributed by atoms with Crippen molar-refractivity contribution in [3.05, 3.63) is 71.5 Å². The first kappa shape index (κ1) is 15.7. The van der Waals surface area contributed by atoms with Crippen LogP contribution in [0.15, 0.2) is 59.6 Å². The fraction of sp³-hybridized carbons (Fsp3) is 0.316. The van der Waals surface area contributed by atoms with Crippen LogP contribution in [0.3, 0.4) is 0 Å². The van der Waals surface area contributed by atoms with Crippen molar-refractivity contribution in [2.75, 3.05) is 13.1 Å². The Morgan fingerprint density at radius 1 is 1.17 bits per heavy atom. The Kier molecular flexibility index (Phi) is 4.06. The van der Waals surface area contributed by atoms with Crippen LogP contribution in [0.5, 0.6) is 0 Å². The van der Waals surface area contributed by atoms with Crippen molar-refractivity contribution in [1.29, 1.82) is 0 Å². The monoisotopic (exact) mass is 342 g/mol. The zero-order valence-corrected chi connectivity index (χ0v) is 14.0. The van der Waals surface area contributed by atoms with Crippen LogP contribution in [0.1, 0.15) is 17.5 Å². The van der Waals surface area contributed by atoms with E-state index in [1.54, 1.807) is 30.0 Å². The van der Waals surface area contributed by atoms with E-state index in [4.69, 9.17) is 0 Å². The van der Waals surface area contributed by atoms with E-state index in [0.29, 0.717) is 18.7 Å². The first-order valence-corrected chi connectivity index (χ1v) is 9.07. The Bertz CT molecular complexity index is 767. The highest BCUT2D eigenvalue weighted by Crippen LogP contribution is 2.48. The molecule has 0 bridgehead atoms. The van der Waals surface area contributed by atoms with E-state index in [2.05, 4.69) is 17.1 Å². The second kappa shape index (κ2) is 6.22. The predicted octanol–water partition coefficient (Wildman–Crippen LogP) is 3.39. The Labute approximate surface area is 145 Å². The number of nitrogens with zero attached hydrogens (tertiary/aromatic N) is 2. The van der Waals surface area contributed by atoms with Crippen LogP contribution in [0.25, 0.3) is 0 Å². The van der Waals surface area contributed by atoms with Crippen LogP contribution in [0, 0.1) is 5.82 Å². The fourth-order valence-electron chi connectivity index (χ4n) is 3.51. The summed E-state index contributed by atoms with van der Waals surface area (Å²) in [4.78, 5) is 6.34. The van der Waals surface area contributed by atoms with Crippen LogP contribution in [0.2, 0.25) is 0 Å². The van der Waals surface area contributed by atoms with Gasteiger partial charge in [0.25, 0.3) is 0 Å². The topological polar surface area (TPSA) is 35.8 Å². The van der Waals surface area contributed by atoms with Crippen LogP contribution in [0.4, 0.5) is 4.39 Å². The SMILES string of the molecule is O[C@]1(c2ccccc2F)[C@@H](CCc2ccccc2)SC2=NCCN21. The van der Waals surface area contributed by atoms with E-state index >= 15 is 0 Å². The second-order valence-electron chi connectivity index (χ2n) is 6.15. The van der Waals surface area contributed by atoms with E-state index in [0.717, 1.165) is 18.0 Å². The molecule has 4 rings (SSSR count). The van der Waals surface area contributed by atoms with E-state index in [1.165, 1.54) is 11.6 Å². The normalized spacial score (nSPS) is 25.7. The maximum Gasteiger partial charge on any atom is 0.181 e. The number of halogens is 1. The largest absolute Gasteiger partial charge is 0.366 e. The van der Waals surface area contributed by atoms with Crippen LogP contribution >= 0.6 is 11.8 Å². The van der Waals surface area contributed by atoms with E-state index in [9.17, 15) is 9.50 Å². The summed E-state index contributed by atoms with van der Waals surface area (Å²) in [5, 5.41) is 12.2. The third kappa shape index (κ3) is 2.52. The van der Waals surface area contributed by atoms with Gasteiger partial charge in [-0.1, -0.05) is 60.3 Å². The number of aliphatic hydroxyl groups is 1. The smallest absolute Gasteiger partial charge is 0.181 e. The van der Waals surface area contributed by atoms with E-state index in [1.807, 2.05) is 23.1 Å². The molecule has 5 heteroatoms. The standard InChI is InChI=1S/C19H19FN2OS/c20-16-9-5-4-8-15(16)19(23)17(24-18-21-12-13-22(18)19)11-10-14-6-2-1-3-7-14/h1-9,17,23H,10-13H2/t17-,19-/m1/s1. The Morgan fingerprint density at radius 2 is 1.92 bits per heavy atom. The van der Waals surface area contributed by atoms with Gasteiger partial charge in [-0.05, 0) is 24.5 Å². The molecule has 0 aliphatic carbocycles. The summed E-state index contributed by atoms with van der Waals surface area (Å²) in [6.07, 6.45) is 1.60.